The largest absolute Gasteiger partial charge is 0.334 e. The van der Waals surface area contributed by atoms with Crippen LogP contribution in [0, 0.1) is 0 Å². The lowest BCUT2D eigenvalue weighted by molar-refractivity contribution is -0.119. The van der Waals surface area contributed by atoms with Crippen molar-refractivity contribution in [3.8, 4) is 0 Å². The maximum atomic E-state index is 11.9. The lowest BCUT2D eigenvalue weighted by Gasteiger charge is -2.30. The molecule has 0 radical (unpaired) electrons. The Kier molecular flexibility index (Phi) is 3.33. The third-order valence-electron chi connectivity index (χ3n) is 2.78. The number of halogens is 1. The molecular formula is C12H13ClN2O2. The van der Waals surface area contributed by atoms with E-state index in [1.165, 1.54) is 0 Å². The highest BCUT2D eigenvalue weighted by Crippen LogP contribution is 2.22. The van der Waals surface area contributed by atoms with Gasteiger partial charge in [0.2, 0.25) is 5.91 Å². The van der Waals surface area contributed by atoms with E-state index in [0.717, 1.165) is 11.3 Å². The minimum absolute atomic E-state index is 0.0569. The van der Waals surface area contributed by atoms with Gasteiger partial charge in [0, 0.05) is 17.5 Å². The summed E-state index contributed by atoms with van der Waals surface area (Å²) in [6.07, 6.45) is 1.09. The van der Waals surface area contributed by atoms with Crippen LogP contribution in [0.2, 0.25) is 5.02 Å². The molecule has 0 saturated carbocycles. The molecule has 17 heavy (non-hydrogen) atoms. The first-order chi connectivity index (χ1) is 8.11. The molecule has 1 unspecified atom stereocenters. The minimum atomic E-state index is -0.365. The zero-order valence-electron chi connectivity index (χ0n) is 9.44. The van der Waals surface area contributed by atoms with E-state index >= 15 is 0 Å². The minimum Gasteiger partial charge on any atom is -0.334 e. The van der Waals surface area contributed by atoms with E-state index in [2.05, 4.69) is 5.32 Å². The average Bonchev–Trinajstić information content (AvgIpc) is 2.30. The fourth-order valence-electron chi connectivity index (χ4n) is 1.80. The van der Waals surface area contributed by atoms with Crippen molar-refractivity contribution in [3.05, 3.63) is 29.3 Å². The lowest BCUT2D eigenvalue weighted by atomic mass is 10.1. The van der Waals surface area contributed by atoms with Crippen molar-refractivity contribution >= 4 is 29.2 Å². The Morgan fingerprint density at radius 2 is 2.00 bits per heavy atom. The lowest BCUT2D eigenvalue weighted by Crippen LogP contribution is -2.54. The molecule has 1 aromatic rings. The number of nitrogens with one attached hydrogen (secondary N) is 1. The summed E-state index contributed by atoms with van der Waals surface area (Å²) < 4.78 is 0. The molecule has 1 aliphatic rings. The smallest absolute Gasteiger partial charge is 0.328 e. The predicted molar refractivity (Wildman–Crippen MR) is 66.2 cm³/mol. The van der Waals surface area contributed by atoms with Gasteiger partial charge in [0.1, 0.15) is 0 Å². The molecule has 0 aromatic heterocycles. The number of hydrogen-bond acceptors (Lipinski definition) is 2. The van der Waals surface area contributed by atoms with Gasteiger partial charge in [0.15, 0.2) is 0 Å². The summed E-state index contributed by atoms with van der Waals surface area (Å²) in [4.78, 5) is 24.9. The number of hydrogen-bond donors (Lipinski definition) is 1. The van der Waals surface area contributed by atoms with Crippen LogP contribution in [0.25, 0.3) is 0 Å². The SMILES string of the molecule is CCC1CC(=O)N(c2ccc(Cl)cc2)C(=O)N1. The highest BCUT2D eigenvalue weighted by Gasteiger charge is 2.31. The van der Waals surface area contributed by atoms with E-state index in [-0.39, 0.29) is 18.0 Å². The van der Waals surface area contributed by atoms with Crippen LogP contribution in [0.1, 0.15) is 19.8 Å². The van der Waals surface area contributed by atoms with Crippen LogP contribution in [0.15, 0.2) is 24.3 Å². The van der Waals surface area contributed by atoms with Crippen molar-refractivity contribution < 1.29 is 9.59 Å². The fourth-order valence-corrected chi connectivity index (χ4v) is 1.93. The zero-order valence-corrected chi connectivity index (χ0v) is 10.2. The van der Waals surface area contributed by atoms with E-state index in [1.807, 2.05) is 6.92 Å². The number of carbonyl (C=O) groups is 2. The first-order valence-electron chi connectivity index (χ1n) is 5.51. The van der Waals surface area contributed by atoms with Crippen LogP contribution in [0.4, 0.5) is 10.5 Å². The molecular weight excluding hydrogens is 240 g/mol. The summed E-state index contributed by atoms with van der Waals surface area (Å²) in [7, 11) is 0. The number of nitrogens with zero attached hydrogens (tertiary/aromatic N) is 1. The normalized spacial score (nSPS) is 20.4. The molecule has 1 N–H and O–H groups in total. The quantitative estimate of drug-likeness (QED) is 0.880. The highest BCUT2D eigenvalue weighted by molar-refractivity contribution is 6.30. The van der Waals surface area contributed by atoms with Crippen molar-refractivity contribution in [3.63, 3.8) is 0 Å². The Bertz CT molecular complexity index is 426. The third-order valence-corrected chi connectivity index (χ3v) is 3.03. The molecule has 2 rings (SSSR count). The molecule has 1 aliphatic heterocycles. The van der Waals surface area contributed by atoms with Crippen LogP contribution in [-0.2, 0) is 4.79 Å². The predicted octanol–water partition coefficient (Wildman–Crippen LogP) is 2.56. The number of imide groups is 1. The van der Waals surface area contributed by atoms with Crippen molar-refractivity contribution in [2.24, 2.45) is 0 Å². The van der Waals surface area contributed by atoms with Gasteiger partial charge in [-0.1, -0.05) is 18.5 Å². The van der Waals surface area contributed by atoms with Crippen LogP contribution in [0.3, 0.4) is 0 Å². The number of anilines is 1. The van der Waals surface area contributed by atoms with Gasteiger partial charge in [-0.25, -0.2) is 9.69 Å². The van der Waals surface area contributed by atoms with Gasteiger partial charge in [-0.2, -0.15) is 0 Å². The van der Waals surface area contributed by atoms with Gasteiger partial charge >= 0.3 is 6.03 Å². The van der Waals surface area contributed by atoms with Gasteiger partial charge in [-0.05, 0) is 30.7 Å². The Morgan fingerprint density at radius 3 is 2.53 bits per heavy atom. The average molecular weight is 253 g/mol. The van der Waals surface area contributed by atoms with Crippen LogP contribution < -0.4 is 10.2 Å². The molecule has 1 fully saturated rings. The number of carbonyl (C=O) groups excluding carboxylic acids is 2. The van der Waals surface area contributed by atoms with Crippen molar-refractivity contribution in [1.82, 2.24) is 5.32 Å². The maximum absolute atomic E-state index is 11.9. The van der Waals surface area contributed by atoms with Gasteiger partial charge in [-0.3, -0.25) is 4.79 Å². The summed E-state index contributed by atoms with van der Waals surface area (Å²) in [5, 5.41) is 3.37. The van der Waals surface area contributed by atoms with Gasteiger partial charge in [-0.15, -0.1) is 0 Å². The second-order valence-electron chi connectivity index (χ2n) is 3.96. The van der Waals surface area contributed by atoms with E-state index < -0.39 is 0 Å². The van der Waals surface area contributed by atoms with Gasteiger partial charge in [0.05, 0.1) is 5.69 Å². The zero-order chi connectivity index (χ0) is 12.4. The summed E-state index contributed by atoms with van der Waals surface area (Å²) >= 11 is 5.76. The molecule has 1 heterocycles. The maximum Gasteiger partial charge on any atom is 0.328 e. The molecule has 1 saturated heterocycles. The molecule has 0 spiro atoms. The third kappa shape index (κ3) is 2.42. The van der Waals surface area contributed by atoms with Gasteiger partial charge < -0.3 is 5.32 Å². The van der Waals surface area contributed by atoms with Crippen LogP contribution in [0.5, 0.6) is 0 Å². The number of amides is 3. The van der Waals surface area contributed by atoms with Crippen molar-refractivity contribution in [1.29, 1.82) is 0 Å². The number of rotatable bonds is 2. The molecule has 5 heteroatoms. The van der Waals surface area contributed by atoms with E-state index in [9.17, 15) is 9.59 Å². The van der Waals surface area contributed by atoms with Crippen LogP contribution in [-0.4, -0.2) is 18.0 Å². The van der Waals surface area contributed by atoms with Crippen molar-refractivity contribution in [2.75, 3.05) is 4.90 Å². The Morgan fingerprint density at radius 1 is 1.35 bits per heavy atom. The molecule has 0 bridgehead atoms. The van der Waals surface area contributed by atoms with Crippen LogP contribution >= 0.6 is 11.6 Å². The molecule has 4 nitrogen and oxygen atoms in total. The summed E-state index contributed by atoms with van der Waals surface area (Å²) in [6.45, 7) is 1.94. The van der Waals surface area contributed by atoms with E-state index in [1.54, 1.807) is 24.3 Å². The second kappa shape index (κ2) is 4.75. The number of urea groups is 1. The van der Waals surface area contributed by atoms with Crippen molar-refractivity contribution in [2.45, 2.75) is 25.8 Å². The first kappa shape index (κ1) is 11.9. The highest BCUT2D eigenvalue weighted by atomic mass is 35.5. The summed E-state index contributed by atoms with van der Waals surface area (Å²) in [5.41, 5.74) is 0.548. The first-order valence-corrected chi connectivity index (χ1v) is 5.88. The Labute approximate surface area is 105 Å². The molecule has 1 aromatic carbocycles. The fraction of sp³-hybridized carbons (Fsp3) is 0.333. The molecule has 3 amide bonds. The van der Waals surface area contributed by atoms with Gasteiger partial charge in [0.25, 0.3) is 0 Å². The second-order valence-corrected chi connectivity index (χ2v) is 4.40. The molecule has 1 atom stereocenters. The Hall–Kier alpha value is -1.55. The molecule has 0 aliphatic carbocycles. The monoisotopic (exact) mass is 252 g/mol. The summed E-state index contributed by atoms with van der Waals surface area (Å²) in [6, 6.07) is 6.21. The standard InChI is InChI=1S/C12H13ClN2O2/c1-2-9-7-11(16)15(12(17)14-9)10-5-3-8(13)4-6-10/h3-6,9H,2,7H2,1H3,(H,14,17). The van der Waals surface area contributed by atoms with E-state index in [4.69, 9.17) is 11.6 Å². The Balaban J connectivity index is 2.24. The topological polar surface area (TPSA) is 49.4 Å². The number of benzene rings is 1. The summed E-state index contributed by atoms with van der Waals surface area (Å²) in [5.74, 6) is -0.178. The molecule has 90 valence electrons. The van der Waals surface area contributed by atoms with E-state index in [0.29, 0.717) is 17.1 Å².